The van der Waals surface area contributed by atoms with Crippen molar-refractivity contribution in [1.82, 2.24) is 10.3 Å². The standard InChI is InChI=1S/C14H16N2OS/c1-5-13(17-10-14-15-7-8-18-14)6-2-11(1)9-16-12-3-4-12/h1-2,5-8,12,16H,3-4,9-10H2. The highest BCUT2D eigenvalue weighted by Gasteiger charge is 2.19. The zero-order chi connectivity index (χ0) is 12.2. The Morgan fingerprint density at radius 2 is 2.11 bits per heavy atom. The summed E-state index contributed by atoms with van der Waals surface area (Å²) in [6.45, 7) is 1.51. The minimum atomic E-state index is 0.553. The average Bonchev–Trinajstić information content (AvgIpc) is 3.09. The van der Waals surface area contributed by atoms with E-state index in [0.29, 0.717) is 6.61 Å². The third-order valence-corrected chi connectivity index (χ3v) is 3.69. The molecule has 1 aromatic heterocycles. The van der Waals surface area contributed by atoms with Gasteiger partial charge in [0.05, 0.1) is 0 Å². The largest absolute Gasteiger partial charge is 0.486 e. The van der Waals surface area contributed by atoms with Crippen LogP contribution in [0.15, 0.2) is 35.8 Å². The predicted octanol–water partition coefficient (Wildman–Crippen LogP) is 2.97. The molecule has 1 heterocycles. The molecule has 3 nitrogen and oxygen atoms in total. The Bertz CT molecular complexity index is 477. The van der Waals surface area contributed by atoms with Crippen molar-refractivity contribution in [3.05, 3.63) is 46.4 Å². The lowest BCUT2D eigenvalue weighted by Gasteiger charge is -2.06. The summed E-state index contributed by atoms with van der Waals surface area (Å²) in [6, 6.07) is 9.04. The molecular weight excluding hydrogens is 244 g/mol. The molecule has 1 N–H and O–H groups in total. The first-order valence-corrected chi connectivity index (χ1v) is 7.11. The smallest absolute Gasteiger partial charge is 0.140 e. The van der Waals surface area contributed by atoms with E-state index in [4.69, 9.17) is 4.74 Å². The molecule has 1 saturated carbocycles. The van der Waals surface area contributed by atoms with Gasteiger partial charge in [-0.25, -0.2) is 4.98 Å². The van der Waals surface area contributed by atoms with Crippen molar-refractivity contribution < 1.29 is 4.74 Å². The summed E-state index contributed by atoms with van der Waals surface area (Å²) in [4.78, 5) is 4.19. The third-order valence-electron chi connectivity index (χ3n) is 2.94. The van der Waals surface area contributed by atoms with Gasteiger partial charge in [0.15, 0.2) is 0 Å². The van der Waals surface area contributed by atoms with Gasteiger partial charge in [-0.3, -0.25) is 0 Å². The van der Waals surface area contributed by atoms with Crippen molar-refractivity contribution in [2.24, 2.45) is 0 Å². The summed E-state index contributed by atoms with van der Waals surface area (Å²) < 4.78 is 5.67. The van der Waals surface area contributed by atoms with Crippen LogP contribution in [-0.2, 0) is 13.2 Å². The SMILES string of the molecule is c1csc(COc2ccc(CNC3CC3)cc2)n1. The summed E-state index contributed by atoms with van der Waals surface area (Å²) in [5.41, 5.74) is 1.31. The fourth-order valence-electron chi connectivity index (χ4n) is 1.72. The summed E-state index contributed by atoms with van der Waals surface area (Å²) in [7, 11) is 0. The maximum absolute atomic E-state index is 5.67. The van der Waals surface area contributed by atoms with Gasteiger partial charge < -0.3 is 10.1 Å². The van der Waals surface area contributed by atoms with E-state index in [9.17, 15) is 0 Å². The number of ether oxygens (including phenoxy) is 1. The van der Waals surface area contributed by atoms with Gasteiger partial charge in [-0.1, -0.05) is 12.1 Å². The molecule has 1 aliphatic carbocycles. The first-order chi connectivity index (χ1) is 8.90. The molecule has 0 bridgehead atoms. The highest BCUT2D eigenvalue weighted by molar-refractivity contribution is 7.09. The maximum atomic E-state index is 5.67. The van der Waals surface area contributed by atoms with Crippen molar-refractivity contribution in [3.8, 4) is 5.75 Å². The minimum Gasteiger partial charge on any atom is -0.486 e. The fourth-order valence-corrected chi connectivity index (χ4v) is 2.25. The van der Waals surface area contributed by atoms with Crippen LogP contribution in [0.1, 0.15) is 23.4 Å². The van der Waals surface area contributed by atoms with E-state index in [2.05, 4.69) is 22.4 Å². The second kappa shape index (κ2) is 5.50. The summed E-state index contributed by atoms with van der Waals surface area (Å²) in [6.07, 6.45) is 4.46. The van der Waals surface area contributed by atoms with E-state index in [0.717, 1.165) is 23.3 Å². The molecule has 0 spiro atoms. The molecule has 0 aliphatic heterocycles. The van der Waals surface area contributed by atoms with Crippen molar-refractivity contribution in [2.75, 3.05) is 0 Å². The molecular formula is C14H16N2OS. The number of hydrogen-bond acceptors (Lipinski definition) is 4. The number of nitrogens with zero attached hydrogens (tertiary/aromatic N) is 1. The van der Waals surface area contributed by atoms with E-state index >= 15 is 0 Å². The van der Waals surface area contributed by atoms with Gasteiger partial charge in [0, 0.05) is 24.2 Å². The zero-order valence-corrected chi connectivity index (χ0v) is 11.0. The first-order valence-electron chi connectivity index (χ1n) is 6.23. The molecule has 0 saturated heterocycles. The molecule has 4 heteroatoms. The van der Waals surface area contributed by atoms with Crippen molar-refractivity contribution >= 4 is 11.3 Å². The van der Waals surface area contributed by atoms with E-state index in [1.165, 1.54) is 18.4 Å². The molecule has 3 rings (SSSR count). The van der Waals surface area contributed by atoms with Gasteiger partial charge in [-0.05, 0) is 30.5 Å². The Balaban J connectivity index is 1.50. The highest BCUT2D eigenvalue weighted by atomic mass is 32.1. The van der Waals surface area contributed by atoms with Crippen LogP contribution < -0.4 is 10.1 Å². The Hall–Kier alpha value is -1.39. The first kappa shape index (κ1) is 11.7. The van der Waals surface area contributed by atoms with Crippen LogP contribution in [0.2, 0.25) is 0 Å². The van der Waals surface area contributed by atoms with E-state index in [-0.39, 0.29) is 0 Å². The number of benzene rings is 1. The summed E-state index contributed by atoms with van der Waals surface area (Å²) in [5, 5.41) is 6.47. The summed E-state index contributed by atoms with van der Waals surface area (Å²) >= 11 is 1.62. The lowest BCUT2D eigenvalue weighted by molar-refractivity contribution is 0.305. The topological polar surface area (TPSA) is 34.1 Å². The molecule has 94 valence electrons. The van der Waals surface area contributed by atoms with Crippen molar-refractivity contribution in [1.29, 1.82) is 0 Å². The Labute approximate surface area is 111 Å². The van der Waals surface area contributed by atoms with Crippen LogP contribution >= 0.6 is 11.3 Å². The van der Waals surface area contributed by atoms with E-state index < -0.39 is 0 Å². The van der Waals surface area contributed by atoms with Crippen LogP contribution in [0.4, 0.5) is 0 Å². The average molecular weight is 260 g/mol. The van der Waals surface area contributed by atoms with Gasteiger partial charge in [-0.2, -0.15) is 0 Å². The number of thiazole rings is 1. The van der Waals surface area contributed by atoms with Crippen LogP contribution in [0, 0.1) is 0 Å². The van der Waals surface area contributed by atoms with Gasteiger partial charge >= 0.3 is 0 Å². The molecule has 1 aliphatic rings. The number of aromatic nitrogens is 1. The molecule has 0 atom stereocenters. The lowest BCUT2D eigenvalue weighted by Crippen LogP contribution is -2.15. The lowest BCUT2D eigenvalue weighted by atomic mass is 10.2. The Morgan fingerprint density at radius 1 is 1.28 bits per heavy atom. The maximum Gasteiger partial charge on any atom is 0.140 e. The van der Waals surface area contributed by atoms with E-state index in [1.807, 2.05) is 17.5 Å². The molecule has 1 aromatic carbocycles. The Kier molecular flexibility index (Phi) is 3.57. The van der Waals surface area contributed by atoms with Gasteiger partial charge in [0.25, 0.3) is 0 Å². The van der Waals surface area contributed by atoms with Crippen LogP contribution in [0.25, 0.3) is 0 Å². The van der Waals surface area contributed by atoms with E-state index in [1.54, 1.807) is 17.5 Å². The molecule has 0 unspecified atom stereocenters. The monoisotopic (exact) mass is 260 g/mol. The molecule has 2 aromatic rings. The van der Waals surface area contributed by atoms with Crippen LogP contribution in [-0.4, -0.2) is 11.0 Å². The molecule has 18 heavy (non-hydrogen) atoms. The van der Waals surface area contributed by atoms with Gasteiger partial charge in [0.1, 0.15) is 17.4 Å². The van der Waals surface area contributed by atoms with Crippen LogP contribution in [0.5, 0.6) is 5.75 Å². The third kappa shape index (κ3) is 3.31. The van der Waals surface area contributed by atoms with Crippen molar-refractivity contribution in [2.45, 2.75) is 32.0 Å². The van der Waals surface area contributed by atoms with Crippen LogP contribution in [0.3, 0.4) is 0 Å². The normalized spacial score (nSPS) is 14.7. The summed E-state index contributed by atoms with van der Waals surface area (Å²) in [5.74, 6) is 0.903. The number of hydrogen-bond donors (Lipinski definition) is 1. The fraction of sp³-hybridized carbons (Fsp3) is 0.357. The predicted molar refractivity (Wildman–Crippen MR) is 72.7 cm³/mol. The molecule has 1 fully saturated rings. The van der Waals surface area contributed by atoms with Gasteiger partial charge in [-0.15, -0.1) is 11.3 Å². The van der Waals surface area contributed by atoms with Crippen molar-refractivity contribution in [3.63, 3.8) is 0 Å². The highest BCUT2D eigenvalue weighted by Crippen LogP contribution is 2.20. The second-order valence-corrected chi connectivity index (χ2v) is 5.49. The molecule has 0 radical (unpaired) electrons. The zero-order valence-electron chi connectivity index (χ0n) is 10.1. The van der Waals surface area contributed by atoms with Gasteiger partial charge in [0.2, 0.25) is 0 Å². The second-order valence-electron chi connectivity index (χ2n) is 4.51. The number of nitrogens with one attached hydrogen (secondary N) is 1. The molecule has 0 amide bonds. The quantitative estimate of drug-likeness (QED) is 0.867. The Morgan fingerprint density at radius 3 is 2.78 bits per heavy atom. The minimum absolute atomic E-state index is 0.553. The number of rotatable bonds is 6.